The fraction of sp³-hybridized carbons (Fsp3) is 0.438. The molecule has 2 aromatic rings. The third kappa shape index (κ3) is 2.61. The van der Waals surface area contributed by atoms with Crippen molar-refractivity contribution in [2.75, 3.05) is 13.2 Å². The van der Waals surface area contributed by atoms with Gasteiger partial charge in [0, 0.05) is 20.3 Å². The van der Waals surface area contributed by atoms with Crippen LogP contribution in [0.3, 0.4) is 0 Å². The first-order chi connectivity index (χ1) is 10.2. The highest BCUT2D eigenvalue weighted by Gasteiger charge is 2.41. The Morgan fingerprint density at radius 1 is 1.29 bits per heavy atom. The summed E-state index contributed by atoms with van der Waals surface area (Å²) < 4.78 is 7.13. The van der Waals surface area contributed by atoms with Crippen molar-refractivity contribution in [3.8, 4) is 0 Å². The number of aromatic nitrogens is 3. The zero-order valence-corrected chi connectivity index (χ0v) is 12.2. The summed E-state index contributed by atoms with van der Waals surface area (Å²) in [7, 11) is 1.81. The van der Waals surface area contributed by atoms with E-state index in [0.29, 0.717) is 25.5 Å². The Bertz CT molecular complexity index is 615. The third-order valence-electron chi connectivity index (χ3n) is 4.33. The summed E-state index contributed by atoms with van der Waals surface area (Å²) in [6.45, 7) is 1.25. The molecule has 0 saturated carbocycles. The van der Waals surface area contributed by atoms with Gasteiger partial charge >= 0.3 is 0 Å². The molecule has 1 aliphatic rings. The predicted octanol–water partition coefficient (Wildman–Crippen LogP) is 1.68. The highest BCUT2D eigenvalue weighted by molar-refractivity contribution is 5.91. The van der Waals surface area contributed by atoms with E-state index in [9.17, 15) is 4.79 Å². The Morgan fingerprint density at radius 2 is 2.00 bits per heavy atom. The monoisotopic (exact) mass is 285 g/mol. The average Bonchev–Trinajstić information content (AvgIpc) is 2.94. The van der Waals surface area contributed by atoms with Gasteiger partial charge in [-0.2, -0.15) is 5.10 Å². The van der Waals surface area contributed by atoms with Gasteiger partial charge in [-0.3, -0.25) is 9.48 Å². The van der Waals surface area contributed by atoms with Gasteiger partial charge in [0.25, 0.3) is 0 Å². The number of ketones is 1. The molecule has 5 nitrogen and oxygen atoms in total. The summed E-state index contributed by atoms with van der Waals surface area (Å²) in [5, 5.41) is 4.04. The zero-order chi connectivity index (χ0) is 14.7. The average molecular weight is 285 g/mol. The van der Waals surface area contributed by atoms with Crippen LogP contribution in [0.2, 0.25) is 0 Å². The summed E-state index contributed by atoms with van der Waals surface area (Å²) in [5.74, 6) is 0.912. The molecule has 2 heterocycles. The molecule has 5 heteroatoms. The van der Waals surface area contributed by atoms with Crippen LogP contribution in [-0.2, 0) is 28.4 Å². The Kier molecular flexibility index (Phi) is 3.84. The second kappa shape index (κ2) is 5.77. The van der Waals surface area contributed by atoms with Crippen molar-refractivity contribution >= 4 is 5.78 Å². The van der Waals surface area contributed by atoms with Crippen LogP contribution in [-0.4, -0.2) is 33.8 Å². The lowest BCUT2D eigenvalue weighted by atomic mass is 9.70. The van der Waals surface area contributed by atoms with Crippen LogP contribution in [0.5, 0.6) is 0 Å². The number of nitrogens with zero attached hydrogens (tertiary/aromatic N) is 3. The standard InChI is InChI=1S/C16H19N3O2/c1-19-15(17-12-18-19)11-14(20)16(7-9-21-10-8-16)13-5-3-2-4-6-13/h2-6,12H,7-11H2,1H3. The molecule has 3 rings (SSSR count). The van der Waals surface area contributed by atoms with Crippen molar-refractivity contribution in [1.29, 1.82) is 0 Å². The number of carbonyl (C=O) groups excluding carboxylic acids is 1. The normalized spacial score (nSPS) is 17.6. The Morgan fingerprint density at radius 3 is 2.62 bits per heavy atom. The summed E-state index contributed by atoms with van der Waals surface area (Å²) in [4.78, 5) is 17.2. The molecule has 21 heavy (non-hydrogen) atoms. The largest absolute Gasteiger partial charge is 0.381 e. The fourth-order valence-corrected chi connectivity index (χ4v) is 3.00. The minimum Gasteiger partial charge on any atom is -0.381 e. The highest BCUT2D eigenvalue weighted by Crippen LogP contribution is 2.36. The maximum absolute atomic E-state index is 13.0. The van der Waals surface area contributed by atoms with Crippen molar-refractivity contribution in [2.45, 2.75) is 24.7 Å². The molecule has 1 fully saturated rings. The highest BCUT2D eigenvalue weighted by atomic mass is 16.5. The molecular weight excluding hydrogens is 266 g/mol. The van der Waals surface area contributed by atoms with Gasteiger partial charge in [0.15, 0.2) is 5.78 Å². The molecule has 0 aliphatic carbocycles. The van der Waals surface area contributed by atoms with Crippen molar-refractivity contribution < 1.29 is 9.53 Å². The molecule has 0 atom stereocenters. The molecule has 0 amide bonds. The molecular formula is C16H19N3O2. The molecule has 0 bridgehead atoms. The number of benzene rings is 1. The van der Waals surface area contributed by atoms with E-state index < -0.39 is 5.41 Å². The second-order valence-electron chi connectivity index (χ2n) is 5.46. The van der Waals surface area contributed by atoms with Crippen molar-refractivity contribution in [2.24, 2.45) is 7.05 Å². The Labute approximate surface area is 124 Å². The number of ether oxygens (including phenoxy) is 1. The first kappa shape index (κ1) is 13.9. The number of Topliss-reactive ketones (excluding diaryl/α,β-unsaturated/α-hetero) is 1. The second-order valence-corrected chi connectivity index (χ2v) is 5.46. The van der Waals surface area contributed by atoms with Crippen LogP contribution < -0.4 is 0 Å². The minimum atomic E-state index is -0.453. The maximum Gasteiger partial charge on any atom is 0.151 e. The summed E-state index contributed by atoms with van der Waals surface area (Å²) in [5.41, 5.74) is 0.631. The van der Waals surface area contributed by atoms with E-state index in [1.54, 1.807) is 4.68 Å². The van der Waals surface area contributed by atoms with Crippen LogP contribution in [0.25, 0.3) is 0 Å². The minimum absolute atomic E-state index is 0.202. The van der Waals surface area contributed by atoms with Crippen molar-refractivity contribution in [3.63, 3.8) is 0 Å². The number of rotatable bonds is 4. The summed E-state index contributed by atoms with van der Waals surface area (Å²) in [6.07, 6.45) is 3.26. The van der Waals surface area contributed by atoms with Crippen molar-refractivity contribution in [3.05, 3.63) is 48.0 Å². The Hall–Kier alpha value is -2.01. The van der Waals surface area contributed by atoms with Gasteiger partial charge in [-0.25, -0.2) is 4.98 Å². The van der Waals surface area contributed by atoms with E-state index in [2.05, 4.69) is 10.1 Å². The molecule has 1 aliphatic heterocycles. The quantitative estimate of drug-likeness (QED) is 0.857. The van der Waals surface area contributed by atoms with Gasteiger partial charge in [0.1, 0.15) is 12.2 Å². The van der Waals surface area contributed by atoms with E-state index in [-0.39, 0.29) is 5.78 Å². The number of aryl methyl sites for hydroxylation is 1. The number of carbonyl (C=O) groups is 1. The van der Waals surface area contributed by atoms with E-state index in [1.807, 2.05) is 37.4 Å². The lowest BCUT2D eigenvalue weighted by molar-refractivity contribution is -0.127. The van der Waals surface area contributed by atoms with Crippen LogP contribution in [0.15, 0.2) is 36.7 Å². The lowest BCUT2D eigenvalue weighted by Gasteiger charge is -2.36. The first-order valence-electron chi connectivity index (χ1n) is 7.22. The van der Waals surface area contributed by atoms with Crippen LogP contribution in [0.4, 0.5) is 0 Å². The van der Waals surface area contributed by atoms with Gasteiger partial charge in [-0.15, -0.1) is 0 Å². The van der Waals surface area contributed by atoms with E-state index >= 15 is 0 Å². The molecule has 110 valence electrons. The van der Waals surface area contributed by atoms with Crippen LogP contribution in [0.1, 0.15) is 24.2 Å². The summed E-state index contributed by atoms with van der Waals surface area (Å²) in [6, 6.07) is 10.0. The van der Waals surface area contributed by atoms with Crippen molar-refractivity contribution in [1.82, 2.24) is 14.8 Å². The van der Waals surface area contributed by atoms with Gasteiger partial charge in [0.2, 0.25) is 0 Å². The maximum atomic E-state index is 13.0. The zero-order valence-electron chi connectivity index (χ0n) is 12.2. The Balaban J connectivity index is 1.92. The van der Waals surface area contributed by atoms with Gasteiger partial charge in [-0.1, -0.05) is 30.3 Å². The van der Waals surface area contributed by atoms with Gasteiger partial charge < -0.3 is 4.74 Å². The van der Waals surface area contributed by atoms with E-state index in [4.69, 9.17) is 4.74 Å². The van der Waals surface area contributed by atoms with Crippen LogP contribution >= 0.6 is 0 Å². The number of hydrogen-bond acceptors (Lipinski definition) is 4. The van der Waals surface area contributed by atoms with E-state index in [0.717, 1.165) is 18.4 Å². The molecule has 1 aromatic heterocycles. The fourth-order valence-electron chi connectivity index (χ4n) is 3.00. The smallest absolute Gasteiger partial charge is 0.151 e. The molecule has 0 radical (unpaired) electrons. The SMILES string of the molecule is Cn1ncnc1CC(=O)C1(c2ccccc2)CCOCC1. The molecule has 1 saturated heterocycles. The third-order valence-corrected chi connectivity index (χ3v) is 4.33. The number of hydrogen-bond donors (Lipinski definition) is 0. The van der Waals surface area contributed by atoms with Gasteiger partial charge in [-0.05, 0) is 18.4 Å². The lowest BCUT2D eigenvalue weighted by Crippen LogP contribution is -2.42. The topological polar surface area (TPSA) is 57.0 Å². The molecule has 0 N–H and O–H groups in total. The molecule has 0 unspecified atom stereocenters. The molecule has 1 aromatic carbocycles. The van der Waals surface area contributed by atoms with Crippen LogP contribution in [0, 0.1) is 0 Å². The molecule has 0 spiro atoms. The first-order valence-corrected chi connectivity index (χ1v) is 7.22. The van der Waals surface area contributed by atoms with Gasteiger partial charge in [0.05, 0.1) is 11.8 Å². The predicted molar refractivity (Wildman–Crippen MR) is 77.9 cm³/mol. The summed E-state index contributed by atoms with van der Waals surface area (Å²) >= 11 is 0. The van der Waals surface area contributed by atoms with E-state index in [1.165, 1.54) is 6.33 Å².